The Labute approximate surface area is 596 Å². The number of anilines is 12. The van der Waals surface area contributed by atoms with Gasteiger partial charge >= 0.3 is 0 Å². The lowest BCUT2D eigenvalue weighted by Gasteiger charge is -2.49. The molecule has 0 aliphatic carbocycles. The second-order valence-electron chi connectivity index (χ2n) is 29.9. The SMILES string of the molecule is CCCCc1cc(C)cc(N2c3ccccc3B3c4ccccc4N(c4cc(I)cc(CCCC)c4)c4cc(C(C)(C)C(C)(C)c5cc6c7c(c5)N(c5cc(CCCC)cc(C(C)(C)C)c5)c5ccccc5B7c5ccccc5N6c5cc(I)cc(CCCC)c5)cc2c43)c1. The van der Waals surface area contributed by atoms with E-state index in [0.29, 0.717) is 0 Å². The van der Waals surface area contributed by atoms with Crippen molar-refractivity contribution in [2.45, 2.75) is 176 Å². The summed E-state index contributed by atoms with van der Waals surface area (Å²) in [5.74, 6) is 0. The van der Waals surface area contributed by atoms with Gasteiger partial charge in [0.1, 0.15) is 0 Å². The van der Waals surface area contributed by atoms with Gasteiger partial charge in [0.2, 0.25) is 0 Å². The van der Waals surface area contributed by atoms with Crippen LogP contribution in [0.25, 0.3) is 0 Å². The third kappa shape index (κ3) is 11.7. The maximum Gasteiger partial charge on any atom is 0.252 e. The molecule has 0 amide bonds. The first kappa shape index (κ1) is 65.3. The van der Waals surface area contributed by atoms with Gasteiger partial charge < -0.3 is 19.6 Å². The Bertz CT molecular complexity index is 4460. The van der Waals surface area contributed by atoms with Gasteiger partial charge in [-0.3, -0.25) is 0 Å². The van der Waals surface area contributed by atoms with Gasteiger partial charge in [-0.25, -0.2) is 0 Å². The first-order valence-electron chi connectivity index (χ1n) is 35.6. The number of aryl methyl sites for hydroxylation is 5. The second kappa shape index (κ2) is 26.1. The summed E-state index contributed by atoms with van der Waals surface area (Å²) in [6.07, 6.45) is 13.4. The number of nitrogens with zero attached hydrogens (tertiary/aromatic N) is 4. The van der Waals surface area contributed by atoms with E-state index in [9.17, 15) is 0 Å². The molecule has 0 radical (unpaired) electrons. The molecule has 480 valence electrons. The lowest BCUT2D eigenvalue weighted by atomic mass is 9.33. The molecule has 0 N–H and O–H groups in total. The van der Waals surface area contributed by atoms with E-state index < -0.39 is 10.8 Å². The van der Waals surface area contributed by atoms with Crippen LogP contribution in [0, 0.1) is 14.1 Å². The lowest BCUT2D eigenvalue weighted by Crippen LogP contribution is -2.61. The van der Waals surface area contributed by atoms with Crippen LogP contribution < -0.4 is 52.4 Å². The fourth-order valence-corrected chi connectivity index (χ4v) is 17.6. The van der Waals surface area contributed by atoms with Crippen molar-refractivity contribution >= 4 is 160 Å². The van der Waals surface area contributed by atoms with Gasteiger partial charge in [-0.05, 0) is 306 Å². The van der Waals surface area contributed by atoms with Crippen molar-refractivity contribution in [2.75, 3.05) is 19.6 Å². The van der Waals surface area contributed by atoms with E-state index in [0.717, 1.165) is 77.0 Å². The Morgan fingerprint density at radius 1 is 0.316 bits per heavy atom. The molecule has 0 atom stereocenters. The van der Waals surface area contributed by atoms with E-state index in [4.69, 9.17) is 0 Å². The van der Waals surface area contributed by atoms with Gasteiger partial charge in [0, 0.05) is 75.4 Å². The normalized spacial score (nSPS) is 13.7. The number of rotatable bonds is 19. The zero-order valence-corrected chi connectivity index (χ0v) is 62.5. The predicted molar refractivity (Wildman–Crippen MR) is 430 cm³/mol. The third-order valence-electron chi connectivity index (χ3n) is 21.9. The maximum atomic E-state index is 2.69. The Hall–Kier alpha value is -7.01. The zero-order valence-electron chi connectivity index (χ0n) is 58.2. The van der Waals surface area contributed by atoms with Crippen LogP contribution >= 0.6 is 45.2 Å². The number of benzene rings is 10. The minimum absolute atomic E-state index is 0.00911. The smallest absolute Gasteiger partial charge is 0.252 e. The molecule has 95 heavy (non-hydrogen) atoms. The maximum absolute atomic E-state index is 2.69. The molecule has 4 heterocycles. The highest BCUT2D eigenvalue weighted by atomic mass is 127. The summed E-state index contributed by atoms with van der Waals surface area (Å²) in [7, 11) is 0. The van der Waals surface area contributed by atoms with E-state index in [1.165, 1.54) is 153 Å². The van der Waals surface area contributed by atoms with Crippen LogP contribution in [0.5, 0.6) is 0 Å². The van der Waals surface area contributed by atoms with Crippen molar-refractivity contribution in [1.82, 2.24) is 0 Å². The Morgan fingerprint density at radius 2 is 0.611 bits per heavy atom. The molecular formula is C87H92B2I2N4. The molecule has 4 aliphatic heterocycles. The van der Waals surface area contributed by atoms with Crippen LogP contribution in [-0.2, 0) is 41.9 Å². The first-order chi connectivity index (χ1) is 45.8. The molecule has 0 saturated carbocycles. The summed E-state index contributed by atoms with van der Waals surface area (Å²) < 4.78 is 2.53. The fraction of sp³-hybridized carbons (Fsp3) is 0.310. The summed E-state index contributed by atoms with van der Waals surface area (Å²) in [5, 5.41) is 0. The Balaban J connectivity index is 1.06. The Morgan fingerprint density at radius 3 is 0.937 bits per heavy atom. The van der Waals surface area contributed by atoms with Crippen molar-refractivity contribution in [3.05, 3.63) is 246 Å². The molecule has 0 saturated heterocycles. The number of fused-ring (bicyclic) bond motifs is 8. The van der Waals surface area contributed by atoms with Crippen molar-refractivity contribution in [3.63, 3.8) is 0 Å². The van der Waals surface area contributed by atoms with Crippen molar-refractivity contribution < 1.29 is 0 Å². The molecule has 10 aromatic rings. The molecule has 0 bridgehead atoms. The molecular weight excluding hydrogens is 1380 g/mol. The molecule has 0 unspecified atom stereocenters. The predicted octanol–water partition coefficient (Wildman–Crippen LogP) is 21.3. The monoisotopic (exact) mass is 1470 g/mol. The third-order valence-corrected chi connectivity index (χ3v) is 23.2. The van der Waals surface area contributed by atoms with Gasteiger partial charge in [0.25, 0.3) is 13.4 Å². The van der Waals surface area contributed by atoms with Gasteiger partial charge in [-0.15, -0.1) is 0 Å². The summed E-state index contributed by atoms with van der Waals surface area (Å²) in [6, 6.07) is 77.6. The number of hydrogen-bond donors (Lipinski definition) is 0. The molecule has 0 fully saturated rings. The van der Waals surface area contributed by atoms with E-state index in [-0.39, 0.29) is 18.8 Å². The second-order valence-corrected chi connectivity index (χ2v) is 32.4. The first-order valence-corrected chi connectivity index (χ1v) is 37.7. The highest BCUT2D eigenvalue weighted by Crippen LogP contribution is 2.54. The van der Waals surface area contributed by atoms with Crippen LogP contribution in [0.2, 0.25) is 0 Å². The van der Waals surface area contributed by atoms with E-state index in [2.05, 4.69) is 342 Å². The average molecular weight is 1470 g/mol. The van der Waals surface area contributed by atoms with Gasteiger partial charge in [0.15, 0.2) is 0 Å². The number of para-hydroxylation sites is 4. The summed E-state index contributed by atoms with van der Waals surface area (Å²) in [4.78, 5) is 10.7. The quantitative estimate of drug-likeness (QED) is 0.0591. The van der Waals surface area contributed by atoms with Crippen LogP contribution in [-0.4, -0.2) is 13.4 Å². The standard InChI is InChI=1S/C87H92B2I2N4/c1-13-17-29-58-41-57(5)42-67(46-58)92-75-37-25-21-33-71(75)88-73-35-23-27-39-77(73)94(69-48-60(31-19-15-3)44-65(90)55-69)81-53-63(51-79(92)83(81)88)86(9,10)87(11,12)64-52-80-84-82(54-64)95(70-49-61(32-20-16-4)45-66(91)56-70)78-40-28-24-36-74(78)89(84)72-34-22-26-38-76(72)93(80)68-47-59(30-18-14-2)43-62(50-68)85(6,7)8/h21-28,33-56H,13-20,29-32H2,1-12H3. The zero-order chi connectivity index (χ0) is 66.2. The number of hydrogen-bond acceptors (Lipinski definition) is 4. The van der Waals surface area contributed by atoms with Crippen LogP contribution in [0.4, 0.5) is 68.2 Å². The van der Waals surface area contributed by atoms with E-state index in [1.807, 2.05) is 0 Å². The Kier molecular flexibility index (Phi) is 17.9. The van der Waals surface area contributed by atoms with Crippen molar-refractivity contribution in [2.24, 2.45) is 0 Å². The van der Waals surface area contributed by atoms with E-state index >= 15 is 0 Å². The van der Waals surface area contributed by atoms with Crippen LogP contribution in [0.15, 0.2) is 194 Å². The largest absolute Gasteiger partial charge is 0.311 e. The molecule has 4 nitrogen and oxygen atoms in total. The van der Waals surface area contributed by atoms with Gasteiger partial charge in [-0.1, -0.05) is 187 Å². The average Bonchev–Trinajstić information content (AvgIpc) is 0.698. The molecule has 10 aromatic carbocycles. The summed E-state index contributed by atoms with van der Waals surface area (Å²) in [5.41, 5.74) is 32.9. The number of unbranched alkanes of at least 4 members (excludes halogenated alkanes) is 4. The van der Waals surface area contributed by atoms with Gasteiger partial charge in [-0.2, -0.15) is 0 Å². The molecule has 0 aromatic heterocycles. The van der Waals surface area contributed by atoms with Gasteiger partial charge in [0.05, 0.1) is 0 Å². The minimum Gasteiger partial charge on any atom is -0.311 e. The summed E-state index contributed by atoms with van der Waals surface area (Å²) >= 11 is 5.17. The topological polar surface area (TPSA) is 13.0 Å². The van der Waals surface area contributed by atoms with E-state index in [1.54, 1.807) is 0 Å². The molecule has 14 rings (SSSR count). The summed E-state index contributed by atoms with van der Waals surface area (Å²) in [6.45, 7) is 29.0. The minimum atomic E-state index is -0.489. The molecule has 4 aliphatic rings. The lowest BCUT2D eigenvalue weighted by molar-refractivity contribution is 0.303. The molecule has 8 heteroatoms. The molecule has 0 spiro atoms. The number of halogens is 2. The van der Waals surface area contributed by atoms with Crippen molar-refractivity contribution in [1.29, 1.82) is 0 Å². The highest BCUT2D eigenvalue weighted by molar-refractivity contribution is 14.1. The highest BCUT2D eigenvalue weighted by Gasteiger charge is 2.49. The van der Waals surface area contributed by atoms with Crippen molar-refractivity contribution in [3.8, 4) is 0 Å². The van der Waals surface area contributed by atoms with Crippen LogP contribution in [0.3, 0.4) is 0 Å². The fourth-order valence-electron chi connectivity index (χ4n) is 16.2. The van der Waals surface area contributed by atoms with Crippen LogP contribution in [0.1, 0.15) is 172 Å².